The van der Waals surface area contributed by atoms with Gasteiger partial charge in [-0.3, -0.25) is 4.68 Å². The second kappa shape index (κ2) is 10.7. The highest BCUT2D eigenvalue weighted by atomic mass is 79.9. The summed E-state index contributed by atoms with van der Waals surface area (Å²) >= 11 is 3.58. The number of aryl methyl sites for hydroxylation is 1. The summed E-state index contributed by atoms with van der Waals surface area (Å²) in [6.07, 6.45) is 7.96. The molecule has 2 aromatic carbocycles. The van der Waals surface area contributed by atoms with Gasteiger partial charge in [0.2, 0.25) is 5.95 Å². The molecular weight excluding hydrogens is 587 g/mol. The highest BCUT2D eigenvalue weighted by Crippen LogP contribution is 2.45. The lowest BCUT2D eigenvalue weighted by Gasteiger charge is -2.25. The highest BCUT2D eigenvalue weighted by Gasteiger charge is 2.27. The third kappa shape index (κ3) is 6.11. The third-order valence-corrected chi connectivity index (χ3v) is 9.17. The van der Waals surface area contributed by atoms with Gasteiger partial charge < -0.3 is 19.9 Å². The van der Waals surface area contributed by atoms with Crippen molar-refractivity contribution in [2.24, 2.45) is 7.05 Å². The maximum Gasteiger partial charge on any atom is 0.229 e. The number of anilines is 4. The van der Waals surface area contributed by atoms with Crippen molar-refractivity contribution >= 4 is 51.5 Å². The number of ether oxygens (including phenoxy) is 1. The Morgan fingerprint density at radius 2 is 1.82 bits per heavy atom. The Balaban J connectivity index is 1.51. The number of aromatic nitrogens is 4. The van der Waals surface area contributed by atoms with E-state index in [0.717, 1.165) is 33.4 Å². The van der Waals surface area contributed by atoms with Crippen molar-refractivity contribution in [3.63, 3.8) is 0 Å². The first-order valence-corrected chi connectivity index (χ1v) is 16.7. The fraction of sp³-hybridized carbons (Fsp3) is 0.367. The molecule has 5 rings (SSSR count). The molecule has 4 aromatic rings. The molecule has 8 nitrogen and oxygen atoms in total. The number of hydrogen-bond donors (Lipinski definition) is 2. The third-order valence-electron chi connectivity index (χ3n) is 7.06. The number of nitrogens with one attached hydrogen (secondary N) is 2. The quantitative estimate of drug-likeness (QED) is 0.196. The van der Waals surface area contributed by atoms with Crippen LogP contribution in [0.15, 0.2) is 53.4 Å². The zero-order valence-corrected chi connectivity index (χ0v) is 26.5. The van der Waals surface area contributed by atoms with Crippen LogP contribution in [0.3, 0.4) is 0 Å². The van der Waals surface area contributed by atoms with Crippen LogP contribution < -0.4 is 20.7 Å². The zero-order chi connectivity index (χ0) is 28.8. The van der Waals surface area contributed by atoms with Crippen LogP contribution in [-0.2, 0) is 17.0 Å². The minimum atomic E-state index is -2.54. The van der Waals surface area contributed by atoms with Gasteiger partial charge in [-0.2, -0.15) is 10.1 Å². The molecule has 0 bridgehead atoms. The number of halogens is 1. The van der Waals surface area contributed by atoms with Crippen molar-refractivity contribution in [1.82, 2.24) is 19.7 Å². The van der Waals surface area contributed by atoms with Gasteiger partial charge in [-0.05, 0) is 94.4 Å². The second-order valence-corrected chi connectivity index (χ2v) is 15.8. The SMILES string of the molecule is COc1cc(C(C)(C)C)c(-c2cnn(C)c2)cc1Nc1ncc(Br)c(Nc2ccc(C3CC3)cc2P(C)(C)=O)n1. The second-order valence-electron chi connectivity index (χ2n) is 11.8. The van der Waals surface area contributed by atoms with E-state index in [1.807, 2.05) is 25.5 Å². The standard InChI is InChI=1S/C30H36BrN6O2P/c1-30(2,3)22-14-26(39-5)25(13-21(22)20-15-33-37(4)17-20)35-29-32-16-23(31)28(36-29)34-24-11-10-19(18-8-9-18)12-27(24)40(6,7)38/h10-18H,8-9H2,1-7H3,(H2,32,34,35,36). The normalized spacial score (nSPS) is 13.8. The molecule has 2 aromatic heterocycles. The lowest BCUT2D eigenvalue weighted by Crippen LogP contribution is -2.14. The summed E-state index contributed by atoms with van der Waals surface area (Å²) in [6, 6.07) is 10.4. The van der Waals surface area contributed by atoms with Crippen LogP contribution in [0.25, 0.3) is 11.1 Å². The Hall–Kier alpha value is -3.16. The predicted octanol–water partition coefficient (Wildman–Crippen LogP) is 7.56. The zero-order valence-electron chi connectivity index (χ0n) is 24.0. The molecule has 1 aliphatic carbocycles. The molecule has 0 radical (unpaired) electrons. The molecule has 1 aliphatic rings. The van der Waals surface area contributed by atoms with E-state index in [2.05, 4.69) is 81.7 Å². The first-order chi connectivity index (χ1) is 18.8. The molecular formula is C30H36BrN6O2P. The van der Waals surface area contributed by atoms with Gasteiger partial charge in [-0.25, -0.2) is 4.98 Å². The van der Waals surface area contributed by atoms with E-state index >= 15 is 0 Å². The van der Waals surface area contributed by atoms with E-state index < -0.39 is 7.14 Å². The first kappa shape index (κ1) is 28.4. The Morgan fingerprint density at radius 1 is 1.07 bits per heavy atom. The van der Waals surface area contributed by atoms with Gasteiger partial charge in [0.25, 0.3) is 0 Å². The minimum absolute atomic E-state index is 0.118. The largest absolute Gasteiger partial charge is 0.495 e. The molecule has 2 N–H and O–H groups in total. The summed E-state index contributed by atoms with van der Waals surface area (Å²) < 4.78 is 21.5. The summed E-state index contributed by atoms with van der Waals surface area (Å²) in [5.74, 6) is 2.24. The van der Waals surface area contributed by atoms with Gasteiger partial charge in [-0.1, -0.05) is 26.8 Å². The van der Waals surface area contributed by atoms with Crippen LogP contribution in [0.2, 0.25) is 0 Å². The fourth-order valence-corrected chi connectivity index (χ4v) is 6.26. The maximum atomic E-state index is 13.2. The van der Waals surface area contributed by atoms with E-state index in [-0.39, 0.29) is 5.41 Å². The Bertz CT molecular complexity index is 1620. The molecule has 0 aliphatic heterocycles. The summed E-state index contributed by atoms with van der Waals surface area (Å²) in [5.41, 5.74) is 5.88. The first-order valence-electron chi connectivity index (χ1n) is 13.3. The van der Waals surface area contributed by atoms with Crippen molar-refractivity contribution in [3.8, 4) is 16.9 Å². The number of rotatable bonds is 8. The van der Waals surface area contributed by atoms with Gasteiger partial charge in [0, 0.05) is 30.3 Å². The van der Waals surface area contributed by atoms with Gasteiger partial charge >= 0.3 is 0 Å². The molecule has 210 valence electrons. The van der Waals surface area contributed by atoms with Crippen LogP contribution in [-0.4, -0.2) is 40.2 Å². The molecule has 40 heavy (non-hydrogen) atoms. The summed E-state index contributed by atoms with van der Waals surface area (Å²) in [5, 5.41) is 12.0. The average Bonchev–Trinajstić information content (AvgIpc) is 3.64. The smallest absolute Gasteiger partial charge is 0.229 e. The lowest BCUT2D eigenvalue weighted by atomic mass is 9.82. The molecule has 0 amide bonds. The molecule has 1 saturated carbocycles. The van der Waals surface area contributed by atoms with Crippen molar-refractivity contribution in [2.75, 3.05) is 31.1 Å². The van der Waals surface area contributed by atoms with Crippen molar-refractivity contribution < 1.29 is 9.30 Å². The molecule has 0 atom stereocenters. The fourth-order valence-electron chi connectivity index (χ4n) is 4.80. The van der Waals surface area contributed by atoms with Crippen molar-refractivity contribution in [1.29, 1.82) is 0 Å². The summed E-state index contributed by atoms with van der Waals surface area (Å²) in [7, 11) is 1.03. The van der Waals surface area contributed by atoms with Gasteiger partial charge in [0.15, 0.2) is 0 Å². The van der Waals surface area contributed by atoms with Crippen LogP contribution in [0, 0.1) is 0 Å². The van der Waals surface area contributed by atoms with Crippen LogP contribution in [0.4, 0.5) is 23.1 Å². The number of nitrogens with zero attached hydrogens (tertiary/aromatic N) is 4. The number of hydrogen-bond acceptors (Lipinski definition) is 7. The molecule has 10 heteroatoms. The van der Waals surface area contributed by atoms with E-state index in [1.165, 1.54) is 18.4 Å². The Morgan fingerprint density at radius 3 is 2.42 bits per heavy atom. The monoisotopic (exact) mass is 622 g/mol. The van der Waals surface area contributed by atoms with Crippen LogP contribution >= 0.6 is 23.1 Å². The molecule has 0 spiro atoms. The van der Waals surface area contributed by atoms with E-state index in [1.54, 1.807) is 31.3 Å². The van der Waals surface area contributed by atoms with E-state index in [9.17, 15) is 4.57 Å². The van der Waals surface area contributed by atoms with Gasteiger partial charge in [0.1, 0.15) is 18.7 Å². The lowest BCUT2D eigenvalue weighted by molar-refractivity contribution is 0.415. The molecule has 2 heterocycles. The van der Waals surface area contributed by atoms with Gasteiger partial charge in [-0.15, -0.1) is 0 Å². The van der Waals surface area contributed by atoms with Crippen LogP contribution in [0.5, 0.6) is 5.75 Å². The van der Waals surface area contributed by atoms with E-state index in [0.29, 0.717) is 27.9 Å². The van der Waals surface area contributed by atoms with Crippen LogP contribution in [0.1, 0.15) is 50.7 Å². The molecule has 0 saturated heterocycles. The highest BCUT2D eigenvalue weighted by molar-refractivity contribution is 9.10. The summed E-state index contributed by atoms with van der Waals surface area (Å²) in [4.78, 5) is 9.28. The Kier molecular flexibility index (Phi) is 7.57. The van der Waals surface area contributed by atoms with Crippen molar-refractivity contribution in [2.45, 2.75) is 44.9 Å². The molecule has 1 fully saturated rings. The summed E-state index contributed by atoms with van der Waals surface area (Å²) in [6.45, 7) is 10.2. The van der Waals surface area contributed by atoms with Gasteiger partial charge in [0.05, 0.1) is 29.2 Å². The number of methoxy groups -OCH3 is 1. The Labute approximate surface area is 244 Å². The minimum Gasteiger partial charge on any atom is -0.495 e. The van der Waals surface area contributed by atoms with E-state index in [4.69, 9.17) is 9.72 Å². The maximum absolute atomic E-state index is 13.2. The topological polar surface area (TPSA) is 94.0 Å². The van der Waals surface area contributed by atoms with Crippen molar-refractivity contribution in [3.05, 3.63) is 64.5 Å². The number of benzene rings is 2. The average molecular weight is 624 g/mol. The predicted molar refractivity (Wildman–Crippen MR) is 168 cm³/mol. The molecule has 0 unspecified atom stereocenters.